The maximum atomic E-state index is 7.56. The molecule has 0 rings (SSSR count). The van der Waals surface area contributed by atoms with Crippen LogP contribution in [0.15, 0.2) is 0 Å². The maximum absolute atomic E-state index is 7.56. The molecule has 0 spiro atoms. The molecular formula is C10H33NO6P2S2. The standard InChI is InChI=1S/2C5H12.H3N.2H3O3PS/c2*1-4-5(2)3;;2*1-4(2,3)5/h2*5H,4H2,1-3H3;1H3;2*(H3,1,2,3,5). The van der Waals surface area contributed by atoms with Crippen molar-refractivity contribution in [3.63, 3.8) is 0 Å². The molecule has 7 nitrogen and oxygen atoms in total. The fraction of sp³-hybridized carbons (Fsp3) is 1.00. The number of hydrogen-bond acceptors (Lipinski definition) is 3. The van der Waals surface area contributed by atoms with Crippen LogP contribution in [-0.2, 0) is 23.6 Å². The zero-order valence-corrected chi connectivity index (χ0v) is 17.1. The van der Waals surface area contributed by atoms with Gasteiger partial charge in [-0.3, -0.25) is 0 Å². The van der Waals surface area contributed by atoms with Gasteiger partial charge in [-0.15, -0.1) is 0 Å². The Morgan fingerprint density at radius 2 is 0.714 bits per heavy atom. The summed E-state index contributed by atoms with van der Waals surface area (Å²) in [4.78, 5) is 45.3. The summed E-state index contributed by atoms with van der Waals surface area (Å²) in [5, 5.41) is 0. The first-order valence-electron chi connectivity index (χ1n) is 6.11. The van der Waals surface area contributed by atoms with Crippen molar-refractivity contribution in [3.05, 3.63) is 0 Å². The largest absolute Gasteiger partial charge is 0.344 e. The quantitative estimate of drug-likeness (QED) is 0.353. The van der Waals surface area contributed by atoms with Gasteiger partial charge in [0.15, 0.2) is 0 Å². The number of hydrogen-bond donors (Lipinski definition) is 7. The Balaban J connectivity index is -0.0000000533. The van der Waals surface area contributed by atoms with Gasteiger partial charge >= 0.3 is 13.4 Å². The second kappa shape index (κ2) is 19.1. The van der Waals surface area contributed by atoms with Crippen LogP contribution in [0.1, 0.15) is 54.4 Å². The molecule has 0 aliphatic rings. The zero-order chi connectivity index (χ0) is 17.6. The molecule has 0 fully saturated rings. The predicted molar refractivity (Wildman–Crippen MR) is 97.2 cm³/mol. The predicted octanol–water partition coefficient (Wildman–Crippen LogP) is 2.64. The first kappa shape index (κ1) is 33.6. The molecule has 9 N–H and O–H groups in total. The van der Waals surface area contributed by atoms with E-state index in [0.29, 0.717) is 0 Å². The minimum Gasteiger partial charge on any atom is -0.344 e. The first-order valence-corrected chi connectivity index (χ1v) is 11.4. The lowest BCUT2D eigenvalue weighted by Crippen LogP contribution is -1.77. The van der Waals surface area contributed by atoms with E-state index in [9.17, 15) is 0 Å². The third kappa shape index (κ3) is 302. The minimum atomic E-state index is -3.81. The van der Waals surface area contributed by atoms with Gasteiger partial charge in [0.1, 0.15) is 0 Å². The van der Waals surface area contributed by atoms with Crippen molar-refractivity contribution in [3.8, 4) is 0 Å². The fourth-order valence-corrected chi connectivity index (χ4v) is 0. The topological polar surface area (TPSA) is 156 Å². The molecule has 21 heavy (non-hydrogen) atoms. The third-order valence-corrected chi connectivity index (χ3v) is 1.63. The van der Waals surface area contributed by atoms with E-state index in [4.69, 9.17) is 29.4 Å². The summed E-state index contributed by atoms with van der Waals surface area (Å²) in [6.45, 7) is 5.68. The Morgan fingerprint density at radius 1 is 0.667 bits per heavy atom. The molecule has 0 radical (unpaired) electrons. The van der Waals surface area contributed by atoms with Crippen LogP contribution in [0.4, 0.5) is 0 Å². The second-order valence-electron chi connectivity index (χ2n) is 4.63. The van der Waals surface area contributed by atoms with Crippen LogP contribution in [0.5, 0.6) is 0 Å². The van der Waals surface area contributed by atoms with Gasteiger partial charge in [0, 0.05) is 0 Å². The molecule has 0 aliphatic heterocycles. The summed E-state index contributed by atoms with van der Waals surface area (Å²) in [5.41, 5.74) is 0. The second-order valence-corrected chi connectivity index (χ2v) is 9.62. The lowest BCUT2D eigenvalue weighted by Gasteiger charge is -1.90. The normalized spacial score (nSPS) is 10.2. The van der Waals surface area contributed by atoms with E-state index in [1.54, 1.807) is 0 Å². The van der Waals surface area contributed by atoms with Gasteiger partial charge in [-0.1, -0.05) is 54.4 Å². The monoisotopic (exact) mass is 389 g/mol. The Morgan fingerprint density at radius 3 is 0.714 bits per heavy atom. The Kier molecular flexibility index (Phi) is 30.5. The van der Waals surface area contributed by atoms with Crippen LogP contribution in [0.3, 0.4) is 0 Å². The summed E-state index contributed by atoms with van der Waals surface area (Å²) in [7, 11) is 0. The molecule has 0 aromatic carbocycles. The molecule has 0 aromatic heterocycles. The van der Waals surface area contributed by atoms with Crippen molar-refractivity contribution >= 4 is 37.1 Å². The lowest BCUT2D eigenvalue weighted by atomic mass is 10.2. The highest BCUT2D eigenvalue weighted by molar-refractivity contribution is 8.06. The molecule has 0 heterocycles. The average molecular weight is 389 g/mol. The third-order valence-electron chi connectivity index (χ3n) is 1.63. The summed E-state index contributed by atoms with van der Waals surface area (Å²) < 4.78 is 0. The van der Waals surface area contributed by atoms with Crippen molar-refractivity contribution in [2.75, 3.05) is 0 Å². The highest BCUT2D eigenvalue weighted by atomic mass is 32.5. The first-order chi connectivity index (χ1) is 8.54. The van der Waals surface area contributed by atoms with Gasteiger partial charge in [0.05, 0.1) is 0 Å². The summed E-state index contributed by atoms with van der Waals surface area (Å²) in [5.74, 6) is 1.77. The fourth-order valence-electron chi connectivity index (χ4n) is 0. The lowest BCUT2D eigenvalue weighted by molar-refractivity contribution is 0.361. The Labute approximate surface area is 139 Å². The molecule has 0 bridgehead atoms. The highest BCUT2D eigenvalue weighted by Crippen LogP contribution is 2.26. The van der Waals surface area contributed by atoms with Gasteiger partial charge in [-0.2, -0.15) is 0 Å². The molecule has 0 aromatic rings. The molecule has 0 amide bonds. The van der Waals surface area contributed by atoms with Crippen LogP contribution < -0.4 is 6.15 Å². The molecule has 0 atom stereocenters. The molecule has 136 valence electrons. The van der Waals surface area contributed by atoms with Gasteiger partial charge in [0.2, 0.25) is 0 Å². The smallest absolute Gasteiger partial charge is 0.319 e. The van der Waals surface area contributed by atoms with Crippen LogP contribution in [0, 0.1) is 11.8 Å². The summed E-state index contributed by atoms with van der Waals surface area (Å²) in [6.07, 6.45) is 2.61. The molecule has 0 unspecified atom stereocenters. The van der Waals surface area contributed by atoms with Crippen molar-refractivity contribution in [2.24, 2.45) is 11.8 Å². The molecular weight excluding hydrogens is 356 g/mol. The molecule has 0 aliphatic carbocycles. The molecule has 0 saturated heterocycles. The average Bonchev–Trinajstić information content (AvgIpc) is 2.13. The van der Waals surface area contributed by atoms with Crippen molar-refractivity contribution in [2.45, 2.75) is 54.4 Å². The van der Waals surface area contributed by atoms with Crippen molar-refractivity contribution < 1.29 is 29.4 Å². The van der Waals surface area contributed by atoms with E-state index >= 15 is 0 Å². The summed E-state index contributed by atoms with van der Waals surface area (Å²) in [6, 6.07) is 0. The van der Waals surface area contributed by atoms with E-state index in [0.717, 1.165) is 11.8 Å². The maximum Gasteiger partial charge on any atom is 0.319 e. The van der Waals surface area contributed by atoms with Crippen LogP contribution in [-0.4, -0.2) is 29.4 Å². The van der Waals surface area contributed by atoms with Gasteiger partial charge < -0.3 is 35.5 Å². The summed E-state index contributed by atoms with van der Waals surface area (Å²) >= 11 is 7.21. The van der Waals surface area contributed by atoms with Crippen LogP contribution >= 0.6 is 13.4 Å². The van der Waals surface area contributed by atoms with Crippen molar-refractivity contribution in [1.29, 1.82) is 0 Å². The zero-order valence-electron chi connectivity index (χ0n) is 13.7. The minimum absolute atomic E-state index is 0. The van der Waals surface area contributed by atoms with Gasteiger partial charge in [-0.05, 0) is 35.4 Å². The van der Waals surface area contributed by atoms with Crippen LogP contribution in [0.2, 0.25) is 0 Å². The van der Waals surface area contributed by atoms with Gasteiger partial charge in [-0.25, -0.2) is 0 Å². The van der Waals surface area contributed by atoms with E-state index < -0.39 is 13.4 Å². The van der Waals surface area contributed by atoms with Crippen LogP contribution in [0.25, 0.3) is 0 Å². The van der Waals surface area contributed by atoms with E-state index in [1.165, 1.54) is 12.8 Å². The van der Waals surface area contributed by atoms with Crippen molar-refractivity contribution in [1.82, 2.24) is 6.15 Å². The Bertz CT molecular complexity index is 236. The highest BCUT2D eigenvalue weighted by Gasteiger charge is 1.92. The Hall–Kier alpha value is 1.02. The van der Waals surface area contributed by atoms with E-state index in [-0.39, 0.29) is 6.15 Å². The molecule has 0 saturated carbocycles. The van der Waals surface area contributed by atoms with Gasteiger partial charge in [0.25, 0.3) is 0 Å². The van der Waals surface area contributed by atoms with E-state index in [2.05, 4.69) is 65.2 Å². The number of rotatable bonds is 2. The molecule has 11 heteroatoms. The SMILES string of the molecule is CCC(C)C.CCC(C)C.N.OP(O)(O)=S.OP(O)(O)=S. The van der Waals surface area contributed by atoms with E-state index in [1.807, 2.05) is 0 Å².